The number of ether oxygens (including phenoxy) is 2. The van der Waals surface area contributed by atoms with E-state index in [2.05, 4.69) is 45.3 Å². The van der Waals surface area contributed by atoms with E-state index < -0.39 is 8.07 Å². The van der Waals surface area contributed by atoms with Gasteiger partial charge in [0.25, 0.3) is 0 Å². The zero-order valence-electron chi connectivity index (χ0n) is 19.6. The molecule has 0 amide bonds. The molecule has 0 fully saturated rings. The lowest BCUT2D eigenvalue weighted by atomic mass is 9.74. The maximum atomic E-state index is 12.2. The van der Waals surface area contributed by atoms with Crippen LogP contribution in [0, 0.1) is 17.3 Å². The molecule has 1 aromatic carbocycles. The molecular formula is C26H34O4Si. The summed E-state index contributed by atoms with van der Waals surface area (Å²) in [5, 5.41) is 0. The standard InChI is InChI=1S/C26H34O4Si/c1-20(27)30-24-12-9-17-26(2,3)23(24)11-8-7-10-21-13-15-22(16-14-21)25(28)29-18-19-31(4,5)6/h8,11,13-16H,9,12,17-19H2,1-6H3/b11-8+. The summed E-state index contributed by atoms with van der Waals surface area (Å²) in [5.41, 5.74) is 2.33. The van der Waals surface area contributed by atoms with Crippen molar-refractivity contribution in [3.8, 4) is 11.8 Å². The number of allylic oxidation sites excluding steroid dienone is 4. The first-order valence-corrected chi connectivity index (χ1v) is 14.6. The molecule has 2 rings (SSSR count). The molecular weight excluding hydrogens is 404 g/mol. The first kappa shape index (κ1) is 24.7. The largest absolute Gasteiger partial charge is 0.462 e. The van der Waals surface area contributed by atoms with Crippen LogP contribution >= 0.6 is 0 Å². The minimum absolute atomic E-state index is 0.0568. The zero-order valence-corrected chi connectivity index (χ0v) is 20.6. The fourth-order valence-corrected chi connectivity index (χ4v) is 4.12. The summed E-state index contributed by atoms with van der Waals surface area (Å²) in [7, 11) is -1.22. The third-order valence-electron chi connectivity index (χ3n) is 5.26. The van der Waals surface area contributed by atoms with Crippen LogP contribution in [0.1, 0.15) is 56.0 Å². The van der Waals surface area contributed by atoms with E-state index in [0.717, 1.165) is 42.2 Å². The predicted octanol–water partition coefficient (Wildman–Crippen LogP) is 6.12. The average Bonchev–Trinajstić information content (AvgIpc) is 2.65. The Labute approximate surface area is 187 Å². The molecule has 0 radical (unpaired) electrons. The van der Waals surface area contributed by atoms with Crippen LogP contribution in [0.4, 0.5) is 0 Å². The van der Waals surface area contributed by atoms with Gasteiger partial charge in [-0.05, 0) is 66.3 Å². The Hall–Kier alpha value is -2.58. The van der Waals surface area contributed by atoms with Gasteiger partial charge in [-0.15, -0.1) is 0 Å². The van der Waals surface area contributed by atoms with E-state index in [1.165, 1.54) is 6.92 Å². The third kappa shape index (κ3) is 8.22. The van der Waals surface area contributed by atoms with Gasteiger partial charge in [0.15, 0.2) is 0 Å². The van der Waals surface area contributed by atoms with Crippen LogP contribution in [-0.2, 0) is 14.3 Å². The number of carbonyl (C=O) groups is 2. The Bertz CT molecular complexity index is 919. The molecule has 0 spiro atoms. The summed E-state index contributed by atoms with van der Waals surface area (Å²) in [6, 6.07) is 8.10. The lowest BCUT2D eigenvalue weighted by molar-refractivity contribution is -0.137. The van der Waals surface area contributed by atoms with Crippen molar-refractivity contribution in [1.29, 1.82) is 0 Å². The quantitative estimate of drug-likeness (QED) is 0.305. The van der Waals surface area contributed by atoms with Crippen LogP contribution in [0.15, 0.2) is 47.7 Å². The number of benzene rings is 1. The van der Waals surface area contributed by atoms with Gasteiger partial charge in [-0.2, -0.15) is 0 Å². The second-order valence-electron chi connectivity index (χ2n) is 9.79. The van der Waals surface area contributed by atoms with E-state index in [-0.39, 0.29) is 17.4 Å². The molecule has 0 N–H and O–H groups in total. The van der Waals surface area contributed by atoms with Gasteiger partial charge in [0, 0.05) is 27.0 Å². The van der Waals surface area contributed by atoms with Gasteiger partial charge in [-0.25, -0.2) is 4.79 Å². The molecule has 0 saturated heterocycles. The lowest BCUT2D eigenvalue weighted by Crippen LogP contribution is -2.22. The van der Waals surface area contributed by atoms with Crippen LogP contribution in [-0.4, -0.2) is 26.6 Å². The van der Waals surface area contributed by atoms with E-state index in [0.29, 0.717) is 12.2 Å². The first-order valence-electron chi connectivity index (χ1n) is 10.9. The highest BCUT2D eigenvalue weighted by atomic mass is 28.3. The van der Waals surface area contributed by atoms with E-state index in [9.17, 15) is 9.59 Å². The summed E-state index contributed by atoms with van der Waals surface area (Å²) in [6.07, 6.45) is 6.57. The van der Waals surface area contributed by atoms with Crippen molar-refractivity contribution in [2.75, 3.05) is 6.61 Å². The van der Waals surface area contributed by atoms with Crippen LogP contribution < -0.4 is 0 Å². The van der Waals surface area contributed by atoms with Gasteiger partial charge in [-0.1, -0.05) is 45.3 Å². The SMILES string of the molecule is CC(=O)OC1=C(/C=C/C#Cc2ccc(C(=O)OCC[Si](C)(C)C)cc2)C(C)(C)CCC1. The lowest BCUT2D eigenvalue weighted by Gasteiger charge is -2.32. The summed E-state index contributed by atoms with van der Waals surface area (Å²) >= 11 is 0. The van der Waals surface area contributed by atoms with Gasteiger partial charge in [-0.3, -0.25) is 4.79 Å². The fourth-order valence-electron chi connectivity index (χ4n) is 3.41. The Balaban J connectivity index is 2.03. The fraction of sp³-hybridized carbons (Fsp3) is 0.462. The van der Waals surface area contributed by atoms with Crippen LogP contribution in [0.2, 0.25) is 25.7 Å². The molecule has 0 unspecified atom stereocenters. The van der Waals surface area contributed by atoms with Crippen molar-refractivity contribution < 1.29 is 19.1 Å². The third-order valence-corrected chi connectivity index (χ3v) is 6.96. The van der Waals surface area contributed by atoms with E-state index in [1.54, 1.807) is 18.2 Å². The normalized spacial score (nSPS) is 15.9. The minimum Gasteiger partial charge on any atom is -0.462 e. The van der Waals surface area contributed by atoms with Gasteiger partial charge in [0.1, 0.15) is 5.76 Å². The Morgan fingerprint density at radius 3 is 2.45 bits per heavy atom. The molecule has 5 heteroatoms. The van der Waals surface area contributed by atoms with Gasteiger partial charge >= 0.3 is 11.9 Å². The summed E-state index contributed by atoms with van der Waals surface area (Å²) in [5.74, 6) is 6.30. The zero-order chi connectivity index (χ0) is 23.1. The van der Waals surface area contributed by atoms with E-state index in [4.69, 9.17) is 9.47 Å². The molecule has 1 aliphatic rings. The summed E-state index contributed by atoms with van der Waals surface area (Å²) in [4.78, 5) is 23.6. The molecule has 0 heterocycles. The van der Waals surface area contributed by atoms with Crippen LogP contribution in [0.25, 0.3) is 0 Å². The average molecular weight is 439 g/mol. The number of rotatable bonds is 6. The van der Waals surface area contributed by atoms with Crippen molar-refractivity contribution in [2.24, 2.45) is 5.41 Å². The highest BCUT2D eigenvalue weighted by molar-refractivity contribution is 6.76. The number of hydrogen-bond donors (Lipinski definition) is 0. The molecule has 4 nitrogen and oxygen atoms in total. The van der Waals surface area contributed by atoms with Gasteiger partial charge in [0.2, 0.25) is 0 Å². The van der Waals surface area contributed by atoms with E-state index >= 15 is 0 Å². The molecule has 0 atom stereocenters. The maximum Gasteiger partial charge on any atom is 0.338 e. The molecule has 0 bridgehead atoms. The number of hydrogen-bond acceptors (Lipinski definition) is 4. The topological polar surface area (TPSA) is 52.6 Å². The van der Waals surface area contributed by atoms with Crippen molar-refractivity contribution in [1.82, 2.24) is 0 Å². The number of carbonyl (C=O) groups excluding carboxylic acids is 2. The Morgan fingerprint density at radius 2 is 1.84 bits per heavy atom. The van der Waals surface area contributed by atoms with Crippen molar-refractivity contribution >= 4 is 20.0 Å². The summed E-state index contributed by atoms with van der Waals surface area (Å²) in [6.45, 7) is 13.0. The molecule has 0 aliphatic heterocycles. The molecule has 0 saturated carbocycles. The first-order chi connectivity index (χ1) is 14.5. The molecule has 31 heavy (non-hydrogen) atoms. The molecule has 1 aliphatic carbocycles. The highest BCUT2D eigenvalue weighted by Gasteiger charge is 2.29. The Kier molecular flexibility index (Phi) is 8.47. The Morgan fingerprint density at radius 1 is 1.16 bits per heavy atom. The predicted molar refractivity (Wildman–Crippen MR) is 127 cm³/mol. The van der Waals surface area contributed by atoms with Gasteiger partial charge in [0.05, 0.1) is 12.2 Å². The van der Waals surface area contributed by atoms with Crippen molar-refractivity contribution in [3.63, 3.8) is 0 Å². The van der Waals surface area contributed by atoms with Crippen LogP contribution in [0.5, 0.6) is 0 Å². The monoisotopic (exact) mass is 438 g/mol. The minimum atomic E-state index is -1.22. The highest BCUT2D eigenvalue weighted by Crippen LogP contribution is 2.41. The summed E-state index contributed by atoms with van der Waals surface area (Å²) < 4.78 is 10.8. The molecule has 0 aromatic heterocycles. The molecule has 1 aromatic rings. The van der Waals surface area contributed by atoms with E-state index in [1.807, 2.05) is 18.2 Å². The second-order valence-corrected chi connectivity index (χ2v) is 15.4. The van der Waals surface area contributed by atoms with Crippen molar-refractivity contribution in [3.05, 3.63) is 58.9 Å². The second kappa shape index (κ2) is 10.6. The van der Waals surface area contributed by atoms with Gasteiger partial charge < -0.3 is 9.47 Å². The van der Waals surface area contributed by atoms with Crippen LogP contribution in [0.3, 0.4) is 0 Å². The smallest absolute Gasteiger partial charge is 0.338 e. The maximum absolute atomic E-state index is 12.2. The van der Waals surface area contributed by atoms with Crippen molar-refractivity contribution in [2.45, 2.75) is 65.7 Å². The number of esters is 2. The molecule has 166 valence electrons.